The fourth-order valence-electron chi connectivity index (χ4n) is 1.46. The van der Waals surface area contributed by atoms with Gasteiger partial charge in [0.1, 0.15) is 0 Å². The number of aliphatic hydroxyl groups is 1. The number of rotatable bonds is 3. The van der Waals surface area contributed by atoms with E-state index < -0.39 is 6.10 Å². The van der Waals surface area contributed by atoms with Crippen LogP contribution in [0.4, 0.5) is 0 Å². The first-order chi connectivity index (χ1) is 6.79. The number of aromatic nitrogens is 2. The first-order valence-electron chi connectivity index (χ1n) is 5.23. The SMILES string of the molecule is Cc1nn(C)cc1C(O)CNC(C)(C)C. The van der Waals surface area contributed by atoms with E-state index in [0.29, 0.717) is 6.54 Å². The molecule has 1 aromatic rings. The summed E-state index contributed by atoms with van der Waals surface area (Å²) < 4.78 is 1.73. The molecule has 4 nitrogen and oxygen atoms in total. The van der Waals surface area contributed by atoms with Crippen molar-refractivity contribution in [3.05, 3.63) is 17.5 Å². The van der Waals surface area contributed by atoms with Gasteiger partial charge in [0.25, 0.3) is 0 Å². The molecule has 4 heteroatoms. The highest BCUT2D eigenvalue weighted by Crippen LogP contribution is 2.15. The van der Waals surface area contributed by atoms with Crippen LogP contribution in [-0.4, -0.2) is 27.0 Å². The third kappa shape index (κ3) is 3.64. The van der Waals surface area contributed by atoms with E-state index in [0.717, 1.165) is 11.3 Å². The minimum absolute atomic E-state index is 0.0249. The standard InChI is InChI=1S/C11H21N3O/c1-8-9(7-14(5)13-8)10(15)6-12-11(2,3)4/h7,10,12,15H,6H2,1-5H3. The molecule has 1 rings (SSSR count). The van der Waals surface area contributed by atoms with Crippen LogP contribution in [0.2, 0.25) is 0 Å². The van der Waals surface area contributed by atoms with Gasteiger partial charge in [0.2, 0.25) is 0 Å². The molecule has 0 spiro atoms. The first kappa shape index (κ1) is 12.2. The van der Waals surface area contributed by atoms with E-state index in [1.54, 1.807) is 4.68 Å². The van der Waals surface area contributed by atoms with E-state index in [1.807, 2.05) is 20.2 Å². The normalized spacial score (nSPS) is 14.3. The Morgan fingerprint density at radius 2 is 2.13 bits per heavy atom. The maximum absolute atomic E-state index is 9.96. The molecule has 1 aromatic heterocycles. The van der Waals surface area contributed by atoms with Gasteiger partial charge in [0.05, 0.1) is 11.8 Å². The Labute approximate surface area is 91.3 Å². The van der Waals surface area contributed by atoms with Gasteiger partial charge in [-0.15, -0.1) is 0 Å². The molecule has 0 bridgehead atoms. The van der Waals surface area contributed by atoms with Crippen molar-refractivity contribution in [1.82, 2.24) is 15.1 Å². The molecule has 0 aliphatic carbocycles. The predicted molar refractivity (Wildman–Crippen MR) is 60.7 cm³/mol. The molecular weight excluding hydrogens is 190 g/mol. The Morgan fingerprint density at radius 3 is 2.53 bits per heavy atom. The van der Waals surface area contributed by atoms with Gasteiger partial charge in [-0.3, -0.25) is 4.68 Å². The molecule has 1 atom stereocenters. The van der Waals surface area contributed by atoms with E-state index in [4.69, 9.17) is 0 Å². The lowest BCUT2D eigenvalue weighted by molar-refractivity contribution is 0.162. The van der Waals surface area contributed by atoms with Crippen LogP contribution in [0.1, 0.15) is 38.1 Å². The predicted octanol–water partition coefficient (Wildman–Crippen LogP) is 1.15. The van der Waals surface area contributed by atoms with Gasteiger partial charge in [0, 0.05) is 30.9 Å². The largest absolute Gasteiger partial charge is 0.387 e. The summed E-state index contributed by atoms with van der Waals surface area (Å²) in [6, 6.07) is 0. The molecule has 86 valence electrons. The average Bonchev–Trinajstić information content (AvgIpc) is 2.40. The molecule has 0 fully saturated rings. The molecular formula is C11H21N3O. The number of β-amino-alcohol motifs (C(OH)–C–C–N with tert-alkyl or cyclic N) is 1. The summed E-state index contributed by atoms with van der Waals surface area (Å²) in [5, 5.41) is 17.4. The molecule has 1 unspecified atom stereocenters. The second-order valence-corrected chi connectivity index (χ2v) is 4.99. The summed E-state index contributed by atoms with van der Waals surface area (Å²) in [5.74, 6) is 0. The number of aliphatic hydroxyl groups excluding tert-OH is 1. The lowest BCUT2D eigenvalue weighted by Crippen LogP contribution is -2.38. The van der Waals surface area contributed by atoms with Crippen molar-refractivity contribution in [3.8, 4) is 0 Å². The van der Waals surface area contributed by atoms with E-state index in [9.17, 15) is 5.11 Å². The molecule has 0 aromatic carbocycles. The van der Waals surface area contributed by atoms with Gasteiger partial charge >= 0.3 is 0 Å². The minimum Gasteiger partial charge on any atom is -0.387 e. The van der Waals surface area contributed by atoms with Crippen molar-refractivity contribution in [2.24, 2.45) is 7.05 Å². The van der Waals surface area contributed by atoms with Gasteiger partial charge in [-0.2, -0.15) is 5.10 Å². The first-order valence-corrected chi connectivity index (χ1v) is 5.23. The highest BCUT2D eigenvalue weighted by molar-refractivity contribution is 5.18. The zero-order valence-corrected chi connectivity index (χ0v) is 10.2. The van der Waals surface area contributed by atoms with E-state index in [-0.39, 0.29) is 5.54 Å². The Balaban J connectivity index is 2.61. The smallest absolute Gasteiger partial charge is 0.0947 e. The van der Waals surface area contributed by atoms with Crippen molar-refractivity contribution >= 4 is 0 Å². The number of nitrogens with one attached hydrogen (secondary N) is 1. The van der Waals surface area contributed by atoms with E-state index >= 15 is 0 Å². The number of nitrogens with zero attached hydrogens (tertiary/aromatic N) is 2. The quantitative estimate of drug-likeness (QED) is 0.788. The lowest BCUT2D eigenvalue weighted by atomic mass is 10.1. The van der Waals surface area contributed by atoms with Crippen LogP contribution < -0.4 is 5.32 Å². The molecule has 2 N–H and O–H groups in total. The van der Waals surface area contributed by atoms with Crippen molar-refractivity contribution in [2.45, 2.75) is 39.3 Å². The zero-order chi connectivity index (χ0) is 11.6. The summed E-state index contributed by atoms with van der Waals surface area (Å²) in [4.78, 5) is 0. The molecule has 0 radical (unpaired) electrons. The second kappa shape index (κ2) is 4.33. The highest BCUT2D eigenvalue weighted by atomic mass is 16.3. The van der Waals surface area contributed by atoms with Crippen LogP contribution in [0.15, 0.2) is 6.20 Å². The fourth-order valence-corrected chi connectivity index (χ4v) is 1.46. The van der Waals surface area contributed by atoms with Crippen LogP contribution in [0.3, 0.4) is 0 Å². The second-order valence-electron chi connectivity index (χ2n) is 4.99. The van der Waals surface area contributed by atoms with Gasteiger partial charge in [-0.05, 0) is 27.7 Å². The lowest BCUT2D eigenvalue weighted by Gasteiger charge is -2.22. The molecule has 0 saturated heterocycles. The summed E-state index contributed by atoms with van der Waals surface area (Å²) in [5.41, 5.74) is 1.81. The topological polar surface area (TPSA) is 50.1 Å². The molecule has 1 heterocycles. The highest BCUT2D eigenvalue weighted by Gasteiger charge is 2.16. The minimum atomic E-state index is -0.488. The number of hydrogen-bond donors (Lipinski definition) is 2. The molecule has 0 saturated carbocycles. The summed E-state index contributed by atoms with van der Waals surface area (Å²) in [6.07, 6.45) is 1.38. The Morgan fingerprint density at radius 1 is 1.53 bits per heavy atom. The third-order valence-corrected chi connectivity index (χ3v) is 2.24. The third-order valence-electron chi connectivity index (χ3n) is 2.24. The van der Waals surface area contributed by atoms with Gasteiger partial charge < -0.3 is 10.4 Å². The van der Waals surface area contributed by atoms with Gasteiger partial charge in [0.15, 0.2) is 0 Å². The monoisotopic (exact) mass is 211 g/mol. The number of hydrogen-bond acceptors (Lipinski definition) is 3. The summed E-state index contributed by atoms with van der Waals surface area (Å²) in [6.45, 7) is 8.70. The van der Waals surface area contributed by atoms with Crippen LogP contribution in [0.25, 0.3) is 0 Å². The van der Waals surface area contributed by atoms with Crippen molar-refractivity contribution in [2.75, 3.05) is 6.54 Å². The van der Waals surface area contributed by atoms with Crippen LogP contribution in [-0.2, 0) is 7.05 Å². The summed E-state index contributed by atoms with van der Waals surface area (Å²) in [7, 11) is 1.86. The molecule has 0 amide bonds. The number of aryl methyl sites for hydroxylation is 2. The maximum atomic E-state index is 9.96. The summed E-state index contributed by atoms with van der Waals surface area (Å²) >= 11 is 0. The van der Waals surface area contributed by atoms with Crippen LogP contribution in [0, 0.1) is 6.92 Å². The van der Waals surface area contributed by atoms with Crippen LogP contribution >= 0.6 is 0 Å². The molecule has 15 heavy (non-hydrogen) atoms. The van der Waals surface area contributed by atoms with Gasteiger partial charge in [-0.1, -0.05) is 0 Å². The van der Waals surface area contributed by atoms with Crippen LogP contribution in [0.5, 0.6) is 0 Å². The van der Waals surface area contributed by atoms with Crippen molar-refractivity contribution < 1.29 is 5.11 Å². The fraction of sp³-hybridized carbons (Fsp3) is 0.727. The van der Waals surface area contributed by atoms with E-state index in [2.05, 4.69) is 31.2 Å². The van der Waals surface area contributed by atoms with Crippen molar-refractivity contribution in [3.63, 3.8) is 0 Å². The Kier molecular flexibility index (Phi) is 3.52. The maximum Gasteiger partial charge on any atom is 0.0947 e. The average molecular weight is 211 g/mol. The molecule has 0 aliphatic rings. The van der Waals surface area contributed by atoms with Crippen molar-refractivity contribution in [1.29, 1.82) is 0 Å². The Hall–Kier alpha value is -0.870. The zero-order valence-electron chi connectivity index (χ0n) is 10.2. The Bertz CT molecular complexity index is 325. The molecule has 0 aliphatic heterocycles. The van der Waals surface area contributed by atoms with E-state index in [1.165, 1.54) is 0 Å². The van der Waals surface area contributed by atoms with Gasteiger partial charge in [-0.25, -0.2) is 0 Å².